The van der Waals surface area contributed by atoms with Crippen LogP contribution in [0.1, 0.15) is 5.56 Å². The van der Waals surface area contributed by atoms with Gasteiger partial charge in [-0.25, -0.2) is 0 Å². The van der Waals surface area contributed by atoms with E-state index in [-0.39, 0.29) is 0 Å². The zero-order chi connectivity index (χ0) is 9.10. The molecule has 2 rings (SSSR count). The van der Waals surface area contributed by atoms with Gasteiger partial charge in [0.2, 0.25) is 0 Å². The fraction of sp³-hybridized carbons (Fsp3) is 0.556. The monoisotopic (exact) mass is 179 g/mol. The molecule has 1 saturated heterocycles. The molecule has 0 radical (unpaired) electrons. The second kappa shape index (κ2) is 3.81. The van der Waals surface area contributed by atoms with E-state index in [0.717, 1.165) is 19.6 Å². The summed E-state index contributed by atoms with van der Waals surface area (Å²) in [4.78, 5) is 2.29. The first kappa shape index (κ1) is 8.59. The number of aromatic nitrogens is 2. The van der Waals surface area contributed by atoms with Crippen molar-refractivity contribution in [2.75, 3.05) is 19.7 Å². The summed E-state index contributed by atoms with van der Waals surface area (Å²) in [5.74, 6) is 0.481. The summed E-state index contributed by atoms with van der Waals surface area (Å²) < 4.78 is 0. The van der Waals surface area contributed by atoms with Crippen molar-refractivity contribution in [1.29, 1.82) is 0 Å². The molecule has 0 spiro atoms. The highest BCUT2D eigenvalue weighted by atomic mass is 16.3. The summed E-state index contributed by atoms with van der Waals surface area (Å²) in [6.45, 7) is 3.23. The van der Waals surface area contributed by atoms with Gasteiger partial charge in [0.25, 0.3) is 0 Å². The molecule has 1 aliphatic heterocycles. The molecule has 0 aliphatic carbocycles. The van der Waals surface area contributed by atoms with Gasteiger partial charge >= 0.3 is 0 Å². The van der Waals surface area contributed by atoms with Crippen LogP contribution in [0.4, 0.5) is 0 Å². The average Bonchev–Trinajstić information content (AvgIpc) is 2.12. The zero-order valence-corrected chi connectivity index (χ0v) is 7.43. The van der Waals surface area contributed by atoms with Gasteiger partial charge in [-0.2, -0.15) is 10.2 Å². The first-order chi connectivity index (χ1) is 6.38. The molecule has 0 atom stereocenters. The molecular weight excluding hydrogens is 166 g/mol. The Morgan fingerprint density at radius 2 is 2.31 bits per heavy atom. The van der Waals surface area contributed by atoms with Gasteiger partial charge in [0.15, 0.2) is 0 Å². The van der Waals surface area contributed by atoms with Crippen LogP contribution in [0.25, 0.3) is 0 Å². The molecule has 1 N–H and O–H groups in total. The Morgan fingerprint density at radius 3 is 2.92 bits per heavy atom. The molecule has 4 heteroatoms. The molecule has 4 nitrogen and oxygen atoms in total. The lowest BCUT2D eigenvalue weighted by atomic mass is 10.0. The quantitative estimate of drug-likeness (QED) is 0.704. The van der Waals surface area contributed by atoms with Crippen molar-refractivity contribution in [3.8, 4) is 0 Å². The number of hydrogen-bond acceptors (Lipinski definition) is 4. The highest BCUT2D eigenvalue weighted by Gasteiger charge is 2.25. The van der Waals surface area contributed by atoms with Crippen LogP contribution in [0, 0.1) is 5.92 Å². The van der Waals surface area contributed by atoms with Crippen LogP contribution in [-0.2, 0) is 6.54 Å². The number of nitrogens with zero attached hydrogens (tertiary/aromatic N) is 3. The molecule has 1 fully saturated rings. The maximum absolute atomic E-state index is 8.82. The van der Waals surface area contributed by atoms with E-state index in [1.807, 2.05) is 6.07 Å². The van der Waals surface area contributed by atoms with Gasteiger partial charge in [-0.3, -0.25) is 4.90 Å². The Balaban J connectivity index is 1.81. The van der Waals surface area contributed by atoms with Crippen molar-refractivity contribution in [3.63, 3.8) is 0 Å². The third kappa shape index (κ3) is 2.02. The topological polar surface area (TPSA) is 49.2 Å². The smallest absolute Gasteiger partial charge is 0.0541 e. The highest BCUT2D eigenvalue weighted by Crippen LogP contribution is 2.16. The van der Waals surface area contributed by atoms with Gasteiger partial charge in [-0.15, -0.1) is 0 Å². The normalized spacial score (nSPS) is 18.5. The Morgan fingerprint density at radius 1 is 1.46 bits per heavy atom. The standard InChI is InChI=1S/C9H13N3O/c13-7-9-5-12(6-9)4-8-1-2-10-11-3-8/h1-3,9,13H,4-7H2. The van der Waals surface area contributed by atoms with Gasteiger partial charge in [0, 0.05) is 38.4 Å². The highest BCUT2D eigenvalue weighted by molar-refractivity contribution is 5.05. The lowest BCUT2D eigenvalue weighted by Gasteiger charge is -2.38. The van der Waals surface area contributed by atoms with Crippen molar-refractivity contribution in [1.82, 2.24) is 15.1 Å². The van der Waals surface area contributed by atoms with Gasteiger partial charge in [-0.1, -0.05) is 0 Å². The van der Waals surface area contributed by atoms with E-state index in [0.29, 0.717) is 12.5 Å². The Kier molecular flexibility index (Phi) is 2.52. The molecule has 13 heavy (non-hydrogen) atoms. The van der Waals surface area contributed by atoms with Crippen LogP contribution in [0.5, 0.6) is 0 Å². The maximum atomic E-state index is 8.82. The molecule has 1 aliphatic rings. The number of hydrogen-bond donors (Lipinski definition) is 1. The molecule has 0 unspecified atom stereocenters. The minimum Gasteiger partial charge on any atom is -0.396 e. The minimum atomic E-state index is 0.311. The van der Waals surface area contributed by atoms with Crippen molar-refractivity contribution in [3.05, 3.63) is 24.0 Å². The fourth-order valence-electron chi connectivity index (χ4n) is 1.59. The summed E-state index contributed by atoms with van der Waals surface area (Å²) >= 11 is 0. The van der Waals surface area contributed by atoms with E-state index >= 15 is 0 Å². The summed E-state index contributed by atoms with van der Waals surface area (Å²) in [6.07, 6.45) is 3.49. The SMILES string of the molecule is OCC1CN(Cc2ccnnc2)C1. The van der Waals surface area contributed by atoms with Crippen molar-refractivity contribution >= 4 is 0 Å². The molecule has 0 aromatic carbocycles. The van der Waals surface area contributed by atoms with E-state index in [4.69, 9.17) is 5.11 Å². The van der Waals surface area contributed by atoms with Gasteiger partial charge in [0.1, 0.15) is 0 Å². The maximum Gasteiger partial charge on any atom is 0.0541 e. The number of aliphatic hydroxyl groups excluding tert-OH is 1. The summed E-state index contributed by atoms with van der Waals surface area (Å²) in [7, 11) is 0. The molecule has 1 aromatic heterocycles. The van der Waals surface area contributed by atoms with E-state index < -0.39 is 0 Å². The predicted octanol–water partition coefficient (Wildman–Crippen LogP) is -0.0993. The summed E-state index contributed by atoms with van der Waals surface area (Å²) in [5.41, 5.74) is 1.19. The number of aliphatic hydroxyl groups is 1. The van der Waals surface area contributed by atoms with Crippen LogP contribution in [0.15, 0.2) is 18.5 Å². The zero-order valence-electron chi connectivity index (χ0n) is 7.43. The third-order valence-corrected chi connectivity index (χ3v) is 2.34. The lowest BCUT2D eigenvalue weighted by molar-refractivity contribution is 0.0478. The van der Waals surface area contributed by atoms with Crippen LogP contribution in [0.3, 0.4) is 0 Å². The van der Waals surface area contributed by atoms with Crippen LogP contribution >= 0.6 is 0 Å². The summed E-state index contributed by atoms with van der Waals surface area (Å²) in [6, 6.07) is 1.97. The van der Waals surface area contributed by atoms with Crippen LogP contribution in [-0.4, -0.2) is 39.9 Å². The van der Waals surface area contributed by atoms with E-state index in [9.17, 15) is 0 Å². The molecule has 0 bridgehead atoms. The summed E-state index contributed by atoms with van der Waals surface area (Å²) in [5, 5.41) is 16.3. The second-order valence-corrected chi connectivity index (χ2v) is 3.49. The van der Waals surface area contributed by atoms with Crippen LogP contribution < -0.4 is 0 Å². The molecule has 70 valence electrons. The van der Waals surface area contributed by atoms with Gasteiger partial charge in [0.05, 0.1) is 6.20 Å². The van der Waals surface area contributed by atoms with E-state index in [1.54, 1.807) is 12.4 Å². The van der Waals surface area contributed by atoms with E-state index in [1.165, 1.54) is 5.56 Å². The predicted molar refractivity (Wildman–Crippen MR) is 47.9 cm³/mol. The Labute approximate surface area is 77.2 Å². The van der Waals surface area contributed by atoms with Crippen LogP contribution in [0.2, 0.25) is 0 Å². The lowest BCUT2D eigenvalue weighted by Crippen LogP contribution is -2.47. The van der Waals surface area contributed by atoms with Gasteiger partial charge in [-0.05, 0) is 11.6 Å². The first-order valence-corrected chi connectivity index (χ1v) is 4.47. The van der Waals surface area contributed by atoms with Crippen molar-refractivity contribution in [2.24, 2.45) is 5.92 Å². The van der Waals surface area contributed by atoms with E-state index in [2.05, 4.69) is 15.1 Å². The molecule has 0 saturated carbocycles. The minimum absolute atomic E-state index is 0.311. The third-order valence-electron chi connectivity index (χ3n) is 2.34. The van der Waals surface area contributed by atoms with Gasteiger partial charge < -0.3 is 5.11 Å². The van der Waals surface area contributed by atoms with Crippen molar-refractivity contribution in [2.45, 2.75) is 6.54 Å². The fourth-order valence-corrected chi connectivity index (χ4v) is 1.59. The number of rotatable bonds is 3. The molecular formula is C9H13N3O. The number of likely N-dealkylation sites (tertiary alicyclic amines) is 1. The Bertz CT molecular complexity index is 259. The first-order valence-electron chi connectivity index (χ1n) is 4.47. The second-order valence-electron chi connectivity index (χ2n) is 3.49. The van der Waals surface area contributed by atoms with Crippen molar-refractivity contribution < 1.29 is 5.11 Å². The molecule has 0 amide bonds. The molecule has 2 heterocycles. The Hall–Kier alpha value is -1.00. The largest absolute Gasteiger partial charge is 0.396 e. The molecule has 1 aromatic rings. The average molecular weight is 179 g/mol.